The van der Waals surface area contributed by atoms with Crippen molar-refractivity contribution >= 4 is 39.1 Å². The molecule has 0 aliphatic carbocycles. The van der Waals surface area contributed by atoms with Crippen molar-refractivity contribution in [2.45, 2.75) is 26.8 Å². The van der Waals surface area contributed by atoms with Gasteiger partial charge in [-0.25, -0.2) is 0 Å². The third-order valence-electron chi connectivity index (χ3n) is 5.71. The molecule has 3 aromatic rings. The van der Waals surface area contributed by atoms with Crippen LogP contribution < -0.4 is 4.90 Å². The van der Waals surface area contributed by atoms with Gasteiger partial charge in [0, 0.05) is 28.1 Å². The summed E-state index contributed by atoms with van der Waals surface area (Å²) in [4.78, 5) is 32.1. The number of amides is 1. The summed E-state index contributed by atoms with van der Waals surface area (Å²) in [5.74, 6) is -1.58. The fourth-order valence-corrected chi connectivity index (χ4v) is 4.12. The number of ketones is 1. The minimum absolute atomic E-state index is 0.0561. The van der Waals surface area contributed by atoms with Crippen LogP contribution in [0.15, 0.2) is 71.0 Å². The first-order valence-corrected chi connectivity index (χ1v) is 10.6. The molecular formula is C25H21BrN2O3. The van der Waals surface area contributed by atoms with Crippen molar-refractivity contribution in [1.29, 1.82) is 0 Å². The summed E-state index contributed by atoms with van der Waals surface area (Å²) in [5, 5.41) is 11.2. The van der Waals surface area contributed by atoms with Crippen LogP contribution in [-0.4, -0.2) is 21.8 Å². The molecule has 1 amide bonds. The standard InChI is InChI=1S/C25H21BrN2O3/c1-14-6-4-8-20(16(14)3)28-22(18-7-5-11-27-13-18)21(24(30)25(28)31)23(29)17-9-10-19(26)15(2)12-17/h4-13,22,29H,1-3H3/b23-21+. The molecule has 2 heterocycles. The number of halogens is 1. The van der Waals surface area contributed by atoms with Crippen molar-refractivity contribution in [1.82, 2.24) is 4.98 Å². The minimum atomic E-state index is -0.779. The average molecular weight is 477 g/mol. The minimum Gasteiger partial charge on any atom is -0.507 e. The highest BCUT2D eigenvalue weighted by atomic mass is 79.9. The van der Waals surface area contributed by atoms with Gasteiger partial charge in [0.25, 0.3) is 11.7 Å². The molecule has 6 heteroatoms. The van der Waals surface area contributed by atoms with E-state index in [2.05, 4.69) is 20.9 Å². The Balaban J connectivity index is 1.98. The molecule has 5 nitrogen and oxygen atoms in total. The van der Waals surface area contributed by atoms with E-state index in [9.17, 15) is 14.7 Å². The van der Waals surface area contributed by atoms with Gasteiger partial charge in [-0.2, -0.15) is 0 Å². The van der Waals surface area contributed by atoms with Gasteiger partial charge < -0.3 is 5.11 Å². The summed E-state index contributed by atoms with van der Waals surface area (Å²) in [7, 11) is 0. The molecule has 0 bridgehead atoms. The highest BCUT2D eigenvalue weighted by Gasteiger charge is 2.47. The number of Topliss-reactive ketones (excluding diaryl/α,β-unsaturated/α-hetero) is 1. The van der Waals surface area contributed by atoms with E-state index in [1.165, 1.54) is 4.90 Å². The molecule has 31 heavy (non-hydrogen) atoms. The summed E-state index contributed by atoms with van der Waals surface area (Å²) in [6.45, 7) is 5.77. The Hall–Kier alpha value is -3.25. The lowest BCUT2D eigenvalue weighted by atomic mass is 9.95. The van der Waals surface area contributed by atoms with E-state index in [0.29, 0.717) is 16.8 Å². The maximum Gasteiger partial charge on any atom is 0.300 e. The van der Waals surface area contributed by atoms with E-state index in [1.54, 1.807) is 30.6 Å². The predicted octanol–water partition coefficient (Wildman–Crippen LogP) is 5.40. The fourth-order valence-electron chi connectivity index (χ4n) is 3.88. The number of aryl methyl sites for hydroxylation is 2. The van der Waals surface area contributed by atoms with Crippen LogP contribution in [0.3, 0.4) is 0 Å². The number of aromatic nitrogens is 1. The largest absolute Gasteiger partial charge is 0.507 e. The van der Waals surface area contributed by atoms with E-state index >= 15 is 0 Å². The predicted molar refractivity (Wildman–Crippen MR) is 124 cm³/mol. The van der Waals surface area contributed by atoms with E-state index < -0.39 is 17.7 Å². The Morgan fingerprint density at radius 3 is 2.48 bits per heavy atom. The zero-order chi connectivity index (χ0) is 22.3. The van der Waals surface area contributed by atoms with Crippen molar-refractivity contribution in [3.8, 4) is 0 Å². The average Bonchev–Trinajstić information content (AvgIpc) is 3.03. The zero-order valence-electron chi connectivity index (χ0n) is 17.4. The van der Waals surface area contributed by atoms with Crippen LogP contribution in [-0.2, 0) is 9.59 Å². The Labute approximate surface area is 189 Å². The molecule has 1 saturated heterocycles. The van der Waals surface area contributed by atoms with Crippen LogP contribution in [0.4, 0.5) is 5.69 Å². The number of rotatable bonds is 3. The van der Waals surface area contributed by atoms with Gasteiger partial charge in [-0.15, -0.1) is 0 Å². The number of carbonyl (C=O) groups is 2. The lowest BCUT2D eigenvalue weighted by Gasteiger charge is -2.27. The first kappa shape index (κ1) is 21.0. The molecule has 1 aliphatic heterocycles. The number of hydrogen-bond acceptors (Lipinski definition) is 4. The van der Waals surface area contributed by atoms with E-state index in [1.807, 2.05) is 51.1 Å². The number of carbonyl (C=O) groups excluding carboxylic acids is 2. The van der Waals surface area contributed by atoms with Gasteiger partial charge in [-0.3, -0.25) is 19.5 Å². The molecular weight excluding hydrogens is 456 g/mol. The molecule has 156 valence electrons. The second-order valence-electron chi connectivity index (χ2n) is 7.64. The Morgan fingerprint density at radius 2 is 1.81 bits per heavy atom. The highest BCUT2D eigenvalue weighted by Crippen LogP contribution is 2.43. The van der Waals surface area contributed by atoms with Crippen LogP contribution in [0.5, 0.6) is 0 Å². The maximum atomic E-state index is 13.2. The van der Waals surface area contributed by atoms with Crippen molar-refractivity contribution in [2.24, 2.45) is 0 Å². The number of hydrogen-bond donors (Lipinski definition) is 1. The third-order valence-corrected chi connectivity index (χ3v) is 6.60. The molecule has 0 radical (unpaired) electrons. The third kappa shape index (κ3) is 3.57. The lowest BCUT2D eigenvalue weighted by molar-refractivity contribution is -0.132. The normalized spacial score (nSPS) is 17.9. The van der Waals surface area contributed by atoms with Gasteiger partial charge in [0.15, 0.2) is 0 Å². The monoisotopic (exact) mass is 476 g/mol. The Morgan fingerprint density at radius 1 is 1.03 bits per heavy atom. The molecule has 1 aromatic heterocycles. The molecule has 1 fully saturated rings. The molecule has 1 atom stereocenters. The zero-order valence-corrected chi connectivity index (χ0v) is 19.0. The second kappa shape index (κ2) is 8.12. The summed E-state index contributed by atoms with van der Waals surface area (Å²) in [6, 6.07) is 13.7. The molecule has 1 unspecified atom stereocenters. The number of pyridine rings is 1. The van der Waals surface area contributed by atoms with E-state index in [0.717, 1.165) is 21.2 Å². The second-order valence-corrected chi connectivity index (χ2v) is 8.49. The number of anilines is 1. The molecule has 2 aromatic carbocycles. The van der Waals surface area contributed by atoms with Crippen molar-refractivity contribution in [2.75, 3.05) is 4.90 Å². The van der Waals surface area contributed by atoms with Crippen molar-refractivity contribution < 1.29 is 14.7 Å². The molecule has 0 spiro atoms. The van der Waals surface area contributed by atoms with E-state index in [-0.39, 0.29) is 11.3 Å². The maximum absolute atomic E-state index is 13.2. The van der Waals surface area contributed by atoms with Crippen LogP contribution in [0.2, 0.25) is 0 Å². The summed E-state index contributed by atoms with van der Waals surface area (Å²) in [6.07, 6.45) is 3.25. The SMILES string of the molecule is Cc1cc(/C(O)=C2\C(=O)C(=O)N(c3cccc(C)c3C)C2c2cccnc2)ccc1Br. The van der Waals surface area contributed by atoms with Crippen molar-refractivity contribution in [3.63, 3.8) is 0 Å². The summed E-state index contributed by atoms with van der Waals surface area (Å²) < 4.78 is 0.892. The van der Waals surface area contributed by atoms with Crippen molar-refractivity contribution in [3.05, 3.63) is 98.8 Å². The topological polar surface area (TPSA) is 70.5 Å². The molecule has 4 rings (SSSR count). The van der Waals surface area contributed by atoms with Gasteiger partial charge in [0.2, 0.25) is 0 Å². The van der Waals surface area contributed by atoms with Gasteiger partial charge in [-0.05, 0) is 67.3 Å². The van der Waals surface area contributed by atoms with Gasteiger partial charge >= 0.3 is 0 Å². The summed E-state index contributed by atoms with van der Waals surface area (Å²) in [5.41, 5.74) is 4.64. The number of benzene rings is 2. The van der Waals surface area contributed by atoms with Crippen LogP contribution in [0.25, 0.3) is 5.76 Å². The van der Waals surface area contributed by atoms with Crippen LogP contribution in [0.1, 0.15) is 33.9 Å². The quantitative estimate of drug-likeness (QED) is 0.312. The first-order valence-electron chi connectivity index (χ1n) is 9.85. The fraction of sp³-hybridized carbons (Fsp3) is 0.160. The highest BCUT2D eigenvalue weighted by molar-refractivity contribution is 9.10. The number of aliphatic hydroxyl groups excluding tert-OH is 1. The number of nitrogens with zero attached hydrogens (tertiary/aromatic N) is 2. The Bertz CT molecular complexity index is 1230. The van der Waals surface area contributed by atoms with Gasteiger partial charge in [0.1, 0.15) is 5.76 Å². The van der Waals surface area contributed by atoms with Crippen LogP contribution >= 0.6 is 15.9 Å². The van der Waals surface area contributed by atoms with E-state index in [4.69, 9.17) is 0 Å². The number of aliphatic hydroxyl groups is 1. The van der Waals surface area contributed by atoms with Gasteiger partial charge in [0.05, 0.1) is 11.6 Å². The van der Waals surface area contributed by atoms with Gasteiger partial charge in [-0.1, -0.05) is 40.2 Å². The molecule has 1 aliphatic rings. The molecule has 0 saturated carbocycles. The Kier molecular flexibility index (Phi) is 5.50. The molecule has 1 N–H and O–H groups in total. The van der Waals surface area contributed by atoms with Crippen LogP contribution in [0, 0.1) is 20.8 Å². The summed E-state index contributed by atoms with van der Waals surface area (Å²) >= 11 is 3.45. The smallest absolute Gasteiger partial charge is 0.300 e. The lowest BCUT2D eigenvalue weighted by Crippen LogP contribution is -2.30. The first-order chi connectivity index (χ1) is 14.8.